The van der Waals surface area contributed by atoms with Crippen molar-refractivity contribution in [1.29, 1.82) is 0 Å². The Morgan fingerprint density at radius 3 is 2.77 bits per heavy atom. The summed E-state index contributed by atoms with van der Waals surface area (Å²) < 4.78 is 0. The molecule has 1 aliphatic heterocycles. The minimum Gasteiger partial charge on any atom is -0.349 e. The summed E-state index contributed by atoms with van der Waals surface area (Å²) in [5.41, 5.74) is 1.19. The molecule has 2 aromatic rings. The third-order valence-electron chi connectivity index (χ3n) is 4.32. The van der Waals surface area contributed by atoms with Crippen LogP contribution in [0.1, 0.15) is 31.4 Å². The third-order valence-corrected chi connectivity index (χ3v) is 4.32. The number of hydrogen-bond donors (Lipinski definition) is 2. The molecule has 2 aromatic carbocycles. The quantitative estimate of drug-likeness (QED) is 0.910. The molecule has 3 nitrogen and oxygen atoms in total. The summed E-state index contributed by atoms with van der Waals surface area (Å²) in [5.74, 6) is 0.277. The van der Waals surface area contributed by atoms with Crippen LogP contribution in [0.5, 0.6) is 0 Å². The number of halogens is 1. The van der Waals surface area contributed by atoms with Crippen LogP contribution in [0.15, 0.2) is 42.5 Å². The van der Waals surface area contributed by atoms with Crippen molar-refractivity contribution in [3.05, 3.63) is 48.0 Å². The molecule has 1 fully saturated rings. The van der Waals surface area contributed by atoms with Crippen LogP contribution in [-0.4, -0.2) is 19.0 Å². The molecule has 1 amide bonds. The van der Waals surface area contributed by atoms with Crippen molar-refractivity contribution in [2.75, 3.05) is 13.1 Å². The van der Waals surface area contributed by atoms with Gasteiger partial charge in [-0.15, -0.1) is 12.4 Å². The lowest BCUT2D eigenvalue weighted by atomic mass is 9.96. The Morgan fingerprint density at radius 1 is 1.23 bits per heavy atom. The topological polar surface area (TPSA) is 41.1 Å². The second-order valence-corrected chi connectivity index (χ2v) is 5.84. The number of hydrogen-bond acceptors (Lipinski definition) is 2. The van der Waals surface area contributed by atoms with Gasteiger partial charge in [0.15, 0.2) is 0 Å². The minimum atomic E-state index is 0. The fraction of sp³-hybridized carbons (Fsp3) is 0.389. The van der Waals surface area contributed by atoms with E-state index in [4.69, 9.17) is 0 Å². The summed E-state index contributed by atoms with van der Waals surface area (Å²) in [4.78, 5) is 12.4. The van der Waals surface area contributed by atoms with Gasteiger partial charge in [0, 0.05) is 6.54 Å². The minimum absolute atomic E-state index is 0. The van der Waals surface area contributed by atoms with Crippen molar-refractivity contribution in [2.45, 2.75) is 25.8 Å². The first kappa shape index (κ1) is 16.8. The van der Waals surface area contributed by atoms with E-state index in [1.54, 1.807) is 0 Å². The molecule has 22 heavy (non-hydrogen) atoms. The van der Waals surface area contributed by atoms with Crippen LogP contribution in [0.3, 0.4) is 0 Å². The molecule has 0 radical (unpaired) electrons. The fourth-order valence-electron chi connectivity index (χ4n) is 3.11. The van der Waals surface area contributed by atoms with Crippen molar-refractivity contribution in [2.24, 2.45) is 5.92 Å². The maximum Gasteiger partial charge on any atom is 0.224 e. The number of carbonyl (C=O) groups is 1. The summed E-state index contributed by atoms with van der Waals surface area (Å²) in [7, 11) is 0. The van der Waals surface area contributed by atoms with Crippen LogP contribution in [0.4, 0.5) is 0 Å². The highest BCUT2D eigenvalue weighted by Crippen LogP contribution is 2.24. The average molecular weight is 319 g/mol. The number of benzene rings is 2. The first-order valence-corrected chi connectivity index (χ1v) is 7.74. The van der Waals surface area contributed by atoms with Gasteiger partial charge in [-0.3, -0.25) is 4.79 Å². The molecule has 3 rings (SSSR count). The Bertz CT molecular complexity index is 633. The molecule has 0 saturated carbocycles. The lowest BCUT2D eigenvalue weighted by Gasteiger charge is -2.24. The lowest BCUT2D eigenvalue weighted by Crippen LogP contribution is -2.41. The van der Waals surface area contributed by atoms with E-state index in [0.717, 1.165) is 25.9 Å². The van der Waals surface area contributed by atoms with Gasteiger partial charge in [-0.2, -0.15) is 0 Å². The van der Waals surface area contributed by atoms with Crippen molar-refractivity contribution < 1.29 is 4.79 Å². The summed E-state index contributed by atoms with van der Waals surface area (Å²) in [6.07, 6.45) is 2.07. The molecule has 1 aliphatic rings. The molecule has 2 unspecified atom stereocenters. The molecule has 0 spiro atoms. The second kappa shape index (κ2) is 7.61. The van der Waals surface area contributed by atoms with Gasteiger partial charge in [0.05, 0.1) is 12.0 Å². The van der Waals surface area contributed by atoms with E-state index >= 15 is 0 Å². The highest BCUT2D eigenvalue weighted by atomic mass is 35.5. The zero-order chi connectivity index (χ0) is 14.7. The summed E-state index contributed by atoms with van der Waals surface area (Å²) in [6, 6.07) is 14.6. The highest BCUT2D eigenvalue weighted by molar-refractivity contribution is 5.87. The fourth-order valence-corrected chi connectivity index (χ4v) is 3.11. The predicted molar refractivity (Wildman–Crippen MR) is 93.3 cm³/mol. The summed E-state index contributed by atoms with van der Waals surface area (Å²) >= 11 is 0. The molecule has 2 atom stereocenters. The van der Waals surface area contributed by atoms with E-state index in [0.29, 0.717) is 0 Å². The molecule has 0 aliphatic carbocycles. The van der Waals surface area contributed by atoms with Crippen molar-refractivity contribution in [1.82, 2.24) is 10.6 Å². The Morgan fingerprint density at radius 2 is 2.00 bits per heavy atom. The molecule has 2 N–H and O–H groups in total. The van der Waals surface area contributed by atoms with Crippen molar-refractivity contribution in [3.8, 4) is 0 Å². The van der Waals surface area contributed by atoms with Crippen LogP contribution in [0.2, 0.25) is 0 Å². The number of nitrogens with one attached hydrogen (secondary N) is 2. The average Bonchev–Trinajstić information content (AvgIpc) is 2.55. The van der Waals surface area contributed by atoms with Gasteiger partial charge in [0.25, 0.3) is 0 Å². The Kier molecular flexibility index (Phi) is 5.81. The number of carbonyl (C=O) groups excluding carboxylic acids is 1. The molecule has 0 bridgehead atoms. The first-order valence-electron chi connectivity index (χ1n) is 7.74. The normalized spacial score (nSPS) is 19.2. The Hall–Kier alpha value is -1.58. The second-order valence-electron chi connectivity index (χ2n) is 5.84. The summed E-state index contributed by atoms with van der Waals surface area (Å²) in [6.45, 7) is 3.90. The van der Waals surface area contributed by atoms with Crippen molar-refractivity contribution >= 4 is 29.1 Å². The van der Waals surface area contributed by atoms with Crippen LogP contribution in [0, 0.1) is 5.92 Å². The highest BCUT2D eigenvalue weighted by Gasteiger charge is 2.22. The van der Waals surface area contributed by atoms with Gasteiger partial charge in [-0.25, -0.2) is 0 Å². The van der Waals surface area contributed by atoms with Gasteiger partial charge in [0.2, 0.25) is 5.91 Å². The van der Waals surface area contributed by atoms with Crippen molar-refractivity contribution in [3.63, 3.8) is 0 Å². The standard InChI is InChI=1S/C18H22N2O.ClH/c1-13(20-18(21)15-8-5-11-19-12-15)16-10-4-7-14-6-2-3-9-17(14)16;/h2-4,6-7,9-10,13,15,19H,5,8,11-12H2,1H3,(H,20,21);1H. The number of fused-ring (bicyclic) bond motifs is 1. The Labute approximate surface area is 137 Å². The largest absolute Gasteiger partial charge is 0.349 e. The maximum absolute atomic E-state index is 12.4. The van der Waals surface area contributed by atoms with Crippen LogP contribution < -0.4 is 10.6 Å². The number of rotatable bonds is 3. The molecular formula is C18H23ClN2O. The van der Waals surface area contributed by atoms with E-state index in [1.807, 2.05) is 12.1 Å². The van der Waals surface area contributed by atoms with E-state index in [2.05, 4.69) is 47.9 Å². The van der Waals surface area contributed by atoms with E-state index in [-0.39, 0.29) is 30.3 Å². The predicted octanol–water partition coefficient (Wildman–Crippen LogP) is 3.44. The zero-order valence-corrected chi connectivity index (χ0v) is 13.7. The van der Waals surface area contributed by atoms with Gasteiger partial charge < -0.3 is 10.6 Å². The molecule has 4 heteroatoms. The number of piperidine rings is 1. The van der Waals surface area contributed by atoms with Crippen LogP contribution >= 0.6 is 12.4 Å². The van der Waals surface area contributed by atoms with E-state index < -0.39 is 0 Å². The monoisotopic (exact) mass is 318 g/mol. The van der Waals surface area contributed by atoms with Gasteiger partial charge in [-0.1, -0.05) is 42.5 Å². The molecule has 118 valence electrons. The molecule has 1 saturated heterocycles. The zero-order valence-electron chi connectivity index (χ0n) is 12.8. The number of amides is 1. The Balaban J connectivity index is 0.00000176. The summed E-state index contributed by atoms with van der Waals surface area (Å²) in [5, 5.41) is 8.91. The SMILES string of the molecule is CC(NC(=O)C1CCCNC1)c1cccc2ccccc12.Cl. The third kappa shape index (κ3) is 3.60. The van der Waals surface area contributed by atoms with E-state index in [9.17, 15) is 4.79 Å². The maximum atomic E-state index is 12.4. The van der Waals surface area contributed by atoms with Crippen LogP contribution in [0.25, 0.3) is 10.8 Å². The van der Waals surface area contributed by atoms with Gasteiger partial charge >= 0.3 is 0 Å². The van der Waals surface area contributed by atoms with Gasteiger partial charge in [-0.05, 0) is 42.6 Å². The molecule has 0 aromatic heterocycles. The molecule has 1 heterocycles. The molecular weight excluding hydrogens is 296 g/mol. The first-order chi connectivity index (χ1) is 10.3. The lowest BCUT2D eigenvalue weighted by molar-refractivity contribution is -0.126. The van der Waals surface area contributed by atoms with Crippen LogP contribution in [-0.2, 0) is 4.79 Å². The van der Waals surface area contributed by atoms with Gasteiger partial charge in [0.1, 0.15) is 0 Å². The van der Waals surface area contributed by atoms with E-state index in [1.165, 1.54) is 16.3 Å². The smallest absolute Gasteiger partial charge is 0.224 e.